The summed E-state index contributed by atoms with van der Waals surface area (Å²) < 4.78 is 5.73. The molecule has 0 saturated carbocycles. The molecule has 0 N–H and O–H groups in total. The van der Waals surface area contributed by atoms with Crippen molar-refractivity contribution < 1.29 is 4.74 Å². The predicted molar refractivity (Wildman–Crippen MR) is 60.9 cm³/mol. The van der Waals surface area contributed by atoms with Crippen LogP contribution in [0.1, 0.15) is 11.1 Å². The second-order valence-electron chi connectivity index (χ2n) is 3.89. The summed E-state index contributed by atoms with van der Waals surface area (Å²) in [5, 5.41) is 0. The standard InChI is InChI=1S/C14H12O/c1-10-5-4-7-11-12-6-2-3-8-14(12)15-9-13(10)11/h2-8H,9H2,1H3. The van der Waals surface area contributed by atoms with Crippen LogP contribution in [-0.2, 0) is 6.61 Å². The van der Waals surface area contributed by atoms with E-state index < -0.39 is 0 Å². The van der Waals surface area contributed by atoms with Gasteiger partial charge in [0.1, 0.15) is 12.4 Å². The molecule has 0 bridgehead atoms. The monoisotopic (exact) mass is 196 g/mol. The van der Waals surface area contributed by atoms with Crippen molar-refractivity contribution in [1.82, 2.24) is 0 Å². The van der Waals surface area contributed by atoms with Gasteiger partial charge >= 0.3 is 0 Å². The molecule has 0 fully saturated rings. The van der Waals surface area contributed by atoms with Crippen molar-refractivity contribution in [3.63, 3.8) is 0 Å². The van der Waals surface area contributed by atoms with E-state index in [0.717, 1.165) is 5.75 Å². The lowest BCUT2D eigenvalue weighted by Crippen LogP contribution is -2.06. The highest BCUT2D eigenvalue weighted by Gasteiger charge is 2.17. The first kappa shape index (κ1) is 8.54. The fourth-order valence-corrected chi connectivity index (χ4v) is 2.11. The van der Waals surface area contributed by atoms with Crippen LogP contribution in [0, 0.1) is 6.92 Å². The smallest absolute Gasteiger partial charge is 0.127 e. The van der Waals surface area contributed by atoms with Gasteiger partial charge < -0.3 is 4.74 Å². The van der Waals surface area contributed by atoms with Gasteiger partial charge in [0.05, 0.1) is 0 Å². The molecule has 0 radical (unpaired) electrons. The normalized spacial score (nSPS) is 12.6. The Morgan fingerprint density at radius 3 is 2.67 bits per heavy atom. The lowest BCUT2D eigenvalue weighted by atomic mass is 9.94. The van der Waals surface area contributed by atoms with Gasteiger partial charge in [-0.2, -0.15) is 0 Å². The molecule has 0 unspecified atom stereocenters. The van der Waals surface area contributed by atoms with Gasteiger partial charge in [-0.3, -0.25) is 0 Å². The number of ether oxygens (including phenoxy) is 1. The van der Waals surface area contributed by atoms with Gasteiger partial charge in [0.25, 0.3) is 0 Å². The summed E-state index contributed by atoms with van der Waals surface area (Å²) in [6.07, 6.45) is 0. The van der Waals surface area contributed by atoms with Crippen LogP contribution in [0.4, 0.5) is 0 Å². The molecule has 0 atom stereocenters. The minimum Gasteiger partial charge on any atom is -0.488 e. The van der Waals surface area contributed by atoms with Crippen molar-refractivity contribution in [1.29, 1.82) is 0 Å². The predicted octanol–water partition coefficient (Wildman–Crippen LogP) is 3.55. The number of aryl methyl sites for hydroxylation is 1. The Bertz CT molecular complexity index is 514. The Hall–Kier alpha value is -1.76. The molecule has 15 heavy (non-hydrogen) atoms. The van der Waals surface area contributed by atoms with Gasteiger partial charge in [0, 0.05) is 11.1 Å². The van der Waals surface area contributed by atoms with Gasteiger partial charge in [0.15, 0.2) is 0 Å². The van der Waals surface area contributed by atoms with Crippen molar-refractivity contribution in [2.75, 3.05) is 0 Å². The zero-order chi connectivity index (χ0) is 10.3. The molecule has 1 heterocycles. The molecular formula is C14H12O. The first-order chi connectivity index (χ1) is 7.36. The second kappa shape index (κ2) is 3.13. The largest absolute Gasteiger partial charge is 0.488 e. The number of benzene rings is 2. The van der Waals surface area contributed by atoms with E-state index >= 15 is 0 Å². The maximum absolute atomic E-state index is 5.73. The zero-order valence-electron chi connectivity index (χ0n) is 8.66. The molecule has 1 heteroatoms. The van der Waals surface area contributed by atoms with Crippen molar-refractivity contribution in [2.45, 2.75) is 13.5 Å². The van der Waals surface area contributed by atoms with Crippen LogP contribution >= 0.6 is 0 Å². The average Bonchev–Trinajstić information content (AvgIpc) is 2.29. The molecule has 0 spiro atoms. The van der Waals surface area contributed by atoms with Gasteiger partial charge in [0.2, 0.25) is 0 Å². The molecular weight excluding hydrogens is 184 g/mol. The molecule has 74 valence electrons. The minimum absolute atomic E-state index is 0.693. The van der Waals surface area contributed by atoms with Crippen LogP contribution in [-0.4, -0.2) is 0 Å². The first-order valence-electron chi connectivity index (χ1n) is 5.17. The fourth-order valence-electron chi connectivity index (χ4n) is 2.11. The SMILES string of the molecule is Cc1cccc2c1COc1ccccc1-2. The highest BCUT2D eigenvalue weighted by Crippen LogP contribution is 2.37. The number of rotatable bonds is 0. The summed E-state index contributed by atoms with van der Waals surface area (Å²) in [6, 6.07) is 14.6. The zero-order valence-corrected chi connectivity index (χ0v) is 8.66. The van der Waals surface area contributed by atoms with E-state index in [1.165, 1.54) is 22.3 Å². The molecule has 0 aliphatic carbocycles. The summed E-state index contributed by atoms with van der Waals surface area (Å²) in [6.45, 7) is 2.83. The summed E-state index contributed by atoms with van der Waals surface area (Å²) in [5.74, 6) is 0.996. The van der Waals surface area contributed by atoms with Crippen LogP contribution in [0.5, 0.6) is 5.75 Å². The lowest BCUT2D eigenvalue weighted by molar-refractivity contribution is 0.301. The lowest BCUT2D eigenvalue weighted by Gasteiger charge is -2.21. The molecule has 1 nitrogen and oxygen atoms in total. The van der Waals surface area contributed by atoms with E-state index in [-0.39, 0.29) is 0 Å². The molecule has 0 aromatic heterocycles. The molecule has 3 rings (SSSR count). The number of para-hydroxylation sites is 1. The Morgan fingerprint density at radius 1 is 0.933 bits per heavy atom. The Kier molecular flexibility index (Phi) is 1.78. The topological polar surface area (TPSA) is 9.23 Å². The van der Waals surface area contributed by atoms with Crippen LogP contribution in [0.15, 0.2) is 42.5 Å². The molecule has 1 aliphatic rings. The van der Waals surface area contributed by atoms with Crippen molar-refractivity contribution in [3.05, 3.63) is 53.6 Å². The van der Waals surface area contributed by atoms with Crippen molar-refractivity contribution in [2.24, 2.45) is 0 Å². The third-order valence-corrected chi connectivity index (χ3v) is 2.96. The van der Waals surface area contributed by atoms with E-state index in [2.05, 4.69) is 37.3 Å². The van der Waals surface area contributed by atoms with E-state index in [4.69, 9.17) is 4.74 Å². The number of fused-ring (bicyclic) bond motifs is 3. The Morgan fingerprint density at radius 2 is 1.73 bits per heavy atom. The highest BCUT2D eigenvalue weighted by molar-refractivity contribution is 5.75. The minimum atomic E-state index is 0.693. The number of hydrogen-bond acceptors (Lipinski definition) is 1. The quantitative estimate of drug-likeness (QED) is 0.626. The molecule has 2 aromatic carbocycles. The Balaban J connectivity index is 2.30. The summed E-state index contributed by atoms with van der Waals surface area (Å²) in [5.41, 5.74) is 5.15. The average molecular weight is 196 g/mol. The van der Waals surface area contributed by atoms with E-state index in [1.807, 2.05) is 12.1 Å². The van der Waals surface area contributed by atoms with Gasteiger partial charge in [-0.25, -0.2) is 0 Å². The maximum atomic E-state index is 5.73. The molecule has 0 saturated heterocycles. The molecule has 1 aliphatic heterocycles. The van der Waals surface area contributed by atoms with Gasteiger partial charge in [-0.1, -0.05) is 36.4 Å². The van der Waals surface area contributed by atoms with Crippen molar-refractivity contribution >= 4 is 0 Å². The fraction of sp³-hybridized carbons (Fsp3) is 0.143. The maximum Gasteiger partial charge on any atom is 0.127 e. The summed E-state index contributed by atoms with van der Waals surface area (Å²) in [4.78, 5) is 0. The summed E-state index contributed by atoms with van der Waals surface area (Å²) >= 11 is 0. The van der Waals surface area contributed by atoms with E-state index in [0.29, 0.717) is 6.61 Å². The van der Waals surface area contributed by atoms with Gasteiger partial charge in [-0.15, -0.1) is 0 Å². The van der Waals surface area contributed by atoms with E-state index in [9.17, 15) is 0 Å². The van der Waals surface area contributed by atoms with Crippen LogP contribution in [0.25, 0.3) is 11.1 Å². The third kappa shape index (κ3) is 1.23. The van der Waals surface area contributed by atoms with Gasteiger partial charge in [-0.05, 0) is 24.1 Å². The Labute approximate surface area is 89.3 Å². The second-order valence-corrected chi connectivity index (χ2v) is 3.89. The third-order valence-electron chi connectivity index (χ3n) is 2.96. The molecule has 0 amide bonds. The van der Waals surface area contributed by atoms with Crippen LogP contribution in [0.3, 0.4) is 0 Å². The highest BCUT2D eigenvalue weighted by atomic mass is 16.5. The van der Waals surface area contributed by atoms with Crippen molar-refractivity contribution in [3.8, 4) is 16.9 Å². The first-order valence-corrected chi connectivity index (χ1v) is 5.17. The summed E-state index contributed by atoms with van der Waals surface area (Å²) in [7, 11) is 0. The number of hydrogen-bond donors (Lipinski definition) is 0. The molecule has 2 aromatic rings. The van der Waals surface area contributed by atoms with E-state index in [1.54, 1.807) is 0 Å². The van der Waals surface area contributed by atoms with Crippen LogP contribution < -0.4 is 4.74 Å². The van der Waals surface area contributed by atoms with Crippen LogP contribution in [0.2, 0.25) is 0 Å².